The molecule has 3 aromatic heterocycles. The lowest BCUT2D eigenvalue weighted by Gasteiger charge is -2.28. The molecule has 2 aliphatic heterocycles. The van der Waals surface area contributed by atoms with Crippen molar-refractivity contribution in [3.63, 3.8) is 0 Å². The molecule has 1 amide bonds. The number of benzene rings is 1. The lowest BCUT2D eigenvalue weighted by molar-refractivity contribution is -0.117. The summed E-state index contributed by atoms with van der Waals surface area (Å²) >= 11 is 0. The van der Waals surface area contributed by atoms with E-state index in [4.69, 9.17) is 24.4 Å². The third-order valence-electron chi connectivity index (χ3n) is 8.01. The van der Waals surface area contributed by atoms with E-state index in [1.165, 1.54) is 0 Å². The first-order chi connectivity index (χ1) is 18.6. The van der Waals surface area contributed by atoms with E-state index in [1.807, 2.05) is 42.2 Å². The average molecular weight is 515 g/mol. The average Bonchev–Trinajstić information content (AvgIpc) is 3.25. The zero-order valence-electron chi connectivity index (χ0n) is 21.5. The van der Waals surface area contributed by atoms with Crippen molar-refractivity contribution in [1.82, 2.24) is 24.5 Å². The number of carbonyl (C=O) groups is 1. The summed E-state index contributed by atoms with van der Waals surface area (Å²) in [5.74, 6) is 1.37. The fraction of sp³-hybridized carbons (Fsp3) is 0.429. The van der Waals surface area contributed by atoms with E-state index in [0.29, 0.717) is 24.8 Å². The van der Waals surface area contributed by atoms with Crippen LogP contribution in [0.5, 0.6) is 5.75 Å². The van der Waals surface area contributed by atoms with Crippen LogP contribution in [-0.4, -0.2) is 63.0 Å². The van der Waals surface area contributed by atoms with Gasteiger partial charge in [0.25, 0.3) is 0 Å². The van der Waals surface area contributed by atoms with Crippen LogP contribution in [0.2, 0.25) is 0 Å². The molecule has 10 heteroatoms. The topological polar surface area (TPSA) is 105 Å². The Hall–Kier alpha value is -3.76. The third-order valence-corrected chi connectivity index (χ3v) is 8.01. The Balaban J connectivity index is 1.27. The van der Waals surface area contributed by atoms with Gasteiger partial charge in [0, 0.05) is 47.8 Å². The van der Waals surface area contributed by atoms with Crippen LogP contribution in [-0.2, 0) is 21.3 Å². The van der Waals surface area contributed by atoms with Crippen LogP contribution in [0, 0.1) is 5.92 Å². The highest BCUT2D eigenvalue weighted by Crippen LogP contribution is 2.44. The molecule has 10 nitrogen and oxygen atoms in total. The number of hydrogen-bond donors (Lipinski definition) is 1. The minimum atomic E-state index is -0.289. The Kier molecular flexibility index (Phi) is 5.48. The second-order valence-electron chi connectivity index (χ2n) is 10.5. The Morgan fingerprint density at radius 1 is 1.24 bits per heavy atom. The van der Waals surface area contributed by atoms with Gasteiger partial charge in [-0.15, -0.1) is 0 Å². The number of pyridine rings is 1. The van der Waals surface area contributed by atoms with Gasteiger partial charge >= 0.3 is 0 Å². The van der Waals surface area contributed by atoms with Gasteiger partial charge in [0.2, 0.25) is 5.91 Å². The molecule has 3 aliphatic rings. The number of fused-ring (bicyclic) bond motifs is 1. The molecule has 1 saturated carbocycles. The van der Waals surface area contributed by atoms with Gasteiger partial charge in [0.15, 0.2) is 0 Å². The molecule has 2 atom stereocenters. The first-order valence-electron chi connectivity index (χ1n) is 13.1. The molecule has 1 aromatic carbocycles. The molecule has 1 N–H and O–H groups in total. The number of rotatable bonds is 6. The lowest BCUT2D eigenvalue weighted by atomic mass is 9.94. The first kappa shape index (κ1) is 23.4. The van der Waals surface area contributed by atoms with E-state index in [9.17, 15) is 4.79 Å². The second-order valence-corrected chi connectivity index (χ2v) is 10.5. The predicted molar refractivity (Wildman–Crippen MR) is 141 cm³/mol. The van der Waals surface area contributed by atoms with Crippen LogP contribution in [0.4, 0.5) is 5.82 Å². The van der Waals surface area contributed by atoms with Crippen LogP contribution in [0.3, 0.4) is 0 Å². The third kappa shape index (κ3) is 3.78. The maximum absolute atomic E-state index is 12.3. The number of aromatic nitrogens is 5. The summed E-state index contributed by atoms with van der Waals surface area (Å²) in [4.78, 5) is 16.8. The number of aryl methyl sites for hydroxylation is 1. The number of ether oxygens (including phenoxy) is 3. The van der Waals surface area contributed by atoms with E-state index in [2.05, 4.69) is 16.5 Å². The van der Waals surface area contributed by atoms with Gasteiger partial charge in [-0.3, -0.25) is 14.2 Å². The van der Waals surface area contributed by atoms with Crippen molar-refractivity contribution < 1.29 is 19.0 Å². The molecule has 38 heavy (non-hydrogen) atoms. The Labute approximate surface area is 219 Å². The van der Waals surface area contributed by atoms with Crippen molar-refractivity contribution in [2.24, 2.45) is 13.0 Å². The van der Waals surface area contributed by atoms with Gasteiger partial charge in [-0.2, -0.15) is 10.2 Å². The maximum Gasteiger partial charge on any atom is 0.228 e. The van der Waals surface area contributed by atoms with Crippen molar-refractivity contribution in [2.75, 3.05) is 32.2 Å². The SMILES string of the molecule is COc1c(-c2cnn([C@@H]3COC[C@]34CCCO4)c2)cccc1-c1nn(C)c2cnc(NC(=O)C3CC3)cc12. The number of hydrogen-bond acceptors (Lipinski definition) is 7. The fourth-order valence-electron chi connectivity index (χ4n) is 5.82. The van der Waals surface area contributed by atoms with Gasteiger partial charge < -0.3 is 19.5 Å². The van der Waals surface area contributed by atoms with E-state index < -0.39 is 0 Å². The van der Waals surface area contributed by atoms with Crippen LogP contribution in [0.1, 0.15) is 31.7 Å². The number of nitrogens with zero attached hydrogens (tertiary/aromatic N) is 5. The molecule has 4 aromatic rings. The molecule has 0 radical (unpaired) electrons. The van der Waals surface area contributed by atoms with Crippen molar-refractivity contribution in [3.05, 3.63) is 42.9 Å². The number of amides is 1. The van der Waals surface area contributed by atoms with Crippen LogP contribution in [0.15, 0.2) is 42.9 Å². The number of anilines is 1. The largest absolute Gasteiger partial charge is 0.495 e. The molecule has 0 bridgehead atoms. The van der Waals surface area contributed by atoms with Crippen molar-refractivity contribution in [1.29, 1.82) is 0 Å². The monoisotopic (exact) mass is 514 g/mol. The standard InChI is InChI=1S/C28H30N6O4/c1-33-22-13-29-24(31-27(35)17-7-8-17)11-21(22)25(32-33)20-6-3-5-19(26(20)36-2)18-12-30-34(14-18)23-15-37-16-28(23)9-4-10-38-28/h3,5-6,11-14,17,23H,4,7-10,15-16H2,1-2H3,(H,29,31,35)/t23-,28-/m1/s1. The Bertz CT molecular complexity index is 1530. The van der Waals surface area contributed by atoms with Gasteiger partial charge in [0.05, 0.1) is 38.2 Å². The Morgan fingerprint density at radius 2 is 2.11 bits per heavy atom. The lowest BCUT2D eigenvalue weighted by Crippen LogP contribution is -2.38. The van der Waals surface area contributed by atoms with E-state index in [0.717, 1.165) is 65.6 Å². The fourth-order valence-corrected chi connectivity index (χ4v) is 5.82. The van der Waals surface area contributed by atoms with Crippen molar-refractivity contribution in [2.45, 2.75) is 37.3 Å². The van der Waals surface area contributed by atoms with Crippen molar-refractivity contribution in [3.8, 4) is 28.1 Å². The van der Waals surface area contributed by atoms with Crippen LogP contribution < -0.4 is 10.1 Å². The molecular formula is C28H30N6O4. The molecule has 3 fully saturated rings. The van der Waals surface area contributed by atoms with E-state index >= 15 is 0 Å². The van der Waals surface area contributed by atoms with Crippen molar-refractivity contribution >= 4 is 22.6 Å². The molecule has 7 rings (SSSR count). The summed E-state index contributed by atoms with van der Waals surface area (Å²) in [6.07, 6.45) is 9.58. The van der Waals surface area contributed by atoms with Crippen LogP contribution in [0.25, 0.3) is 33.3 Å². The van der Waals surface area contributed by atoms with Gasteiger partial charge in [0.1, 0.15) is 28.9 Å². The summed E-state index contributed by atoms with van der Waals surface area (Å²) in [5, 5.41) is 13.4. The minimum absolute atomic E-state index is 0.0244. The van der Waals surface area contributed by atoms with E-state index in [1.54, 1.807) is 18.0 Å². The normalized spacial score (nSPS) is 22.9. The molecular weight excluding hydrogens is 484 g/mol. The number of methoxy groups -OCH3 is 1. The smallest absolute Gasteiger partial charge is 0.228 e. The Morgan fingerprint density at radius 3 is 2.89 bits per heavy atom. The molecule has 5 heterocycles. The minimum Gasteiger partial charge on any atom is -0.495 e. The number of carbonyl (C=O) groups excluding carboxylic acids is 1. The quantitative estimate of drug-likeness (QED) is 0.415. The highest BCUT2D eigenvalue weighted by Gasteiger charge is 2.49. The van der Waals surface area contributed by atoms with Gasteiger partial charge in [-0.1, -0.05) is 12.1 Å². The summed E-state index contributed by atoms with van der Waals surface area (Å²) < 4.78 is 21.7. The summed E-state index contributed by atoms with van der Waals surface area (Å²) in [5.41, 5.74) is 4.07. The predicted octanol–water partition coefficient (Wildman–Crippen LogP) is 3.98. The van der Waals surface area contributed by atoms with Gasteiger partial charge in [-0.05, 0) is 37.8 Å². The zero-order chi connectivity index (χ0) is 25.9. The zero-order valence-corrected chi connectivity index (χ0v) is 21.5. The molecule has 0 unspecified atom stereocenters. The molecule has 1 spiro atoms. The van der Waals surface area contributed by atoms with Gasteiger partial charge in [-0.25, -0.2) is 4.98 Å². The second kappa shape index (κ2) is 8.92. The summed E-state index contributed by atoms with van der Waals surface area (Å²) in [7, 11) is 3.56. The molecule has 2 saturated heterocycles. The highest BCUT2D eigenvalue weighted by atomic mass is 16.6. The molecule has 196 valence electrons. The molecule has 1 aliphatic carbocycles. The number of para-hydroxylation sites is 1. The van der Waals surface area contributed by atoms with Crippen LogP contribution >= 0.6 is 0 Å². The first-order valence-corrected chi connectivity index (χ1v) is 13.1. The van der Waals surface area contributed by atoms with E-state index in [-0.39, 0.29) is 23.5 Å². The summed E-state index contributed by atoms with van der Waals surface area (Å²) in [6.45, 7) is 1.96. The maximum atomic E-state index is 12.3. The highest BCUT2D eigenvalue weighted by molar-refractivity contribution is 6.00. The number of nitrogens with one attached hydrogen (secondary N) is 1. The summed E-state index contributed by atoms with van der Waals surface area (Å²) in [6, 6.07) is 7.98.